The molecule has 0 unspecified atom stereocenters. The van der Waals surface area contributed by atoms with Crippen molar-refractivity contribution in [2.24, 2.45) is 23.3 Å². The summed E-state index contributed by atoms with van der Waals surface area (Å²) in [6, 6.07) is -9.71. The van der Waals surface area contributed by atoms with E-state index in [2.05, 4.69) is 39.2 Å². The molecule has 20 heteroatoms. The quantitative estimate of drug-likeness (QED) is 0.0472. The van der Waals surface area contributed by atoms with Gasteiger partial charge < -0.3 is 58.7 Å². The largest absolute Gasteiger partial charge is 0.480 e. The van der Waals surface area contributed by atoms with E-state index in [0.717, 1.165) is 0 Å². The standard InChI is InChI=1S/C28H50N8O11S/c1-12(2)6-15(31-22(40)14(5)29)23(41)32-16(7-13(3)4)24(42)36-20(11-48)27(45)33-17(8-21(30)39)25(43)34-18(9-37)26(44)35-19(10-38)28(46)47/h12-20,37-38,48H,6-11,29H2,1-5H3,(H2,30,39)(H,31,40)(H,32,41)(H,33,45)(H,34,43)(H,35,44)(H,36,42)(H,46,47)/t14-,15-,16-,17-,18-,19-,20-/m0/s1. The topological polar surface area (TPSA) is 321 Å². The molecule has 0 aromatic carbocycles. The molecule has 0 saturated carbocycles. The maximum Gasteiger partial charge on any atom is 0.328 e. The second-order valence-corrected chi connectivity index (χ2v) is 12.3. The number of rotatable bonds is 22. The monoisotopic (exact) mass is 706 g/mol. The molecule has 19 nitrogen and oxygen atoms in total. The number of aliphatic hydroxyl groups is 2. The van der Waals surface area contributed by atoms with Crippen LogP contribution >= 0.6 is 12.6 Å². The molecule has 0 heterocycles. The first-order chi connectivity index (χ1) is 22.3. The lowest BCUT2D eigenvalue weighted by molar-refractivity contribution is -0.143. The third-order valence-electron chi connectivity index (χ3n) is 6.56. The number of carboxylic acid groups (broad SMARTS) is 1. The number of aliphatic hydroxyl groups excluding tert-OH is 2. The highest BCUT2D eigenvalue weighted by molar-refractivity contribution is 7.80. The summed E-state index contributed by atoms with van der Waals surface area (Å²) in [6.07, 6.45) is -0.411. The molecular weight excluding hydrogens is 656 g/mol. The van der Waals surface area contributed by atoms with Crippen molar-refractivity contribution < 1.29 is 53.7 Å². The maximum absolute atomic E-state index is 13.3. The molecule has 13 N–H and O–H groups in total. The average Bonchev–Trinajstić information content (AvgIpc) is 2.98. The van der Waals surface area contributed by atoms with Gasteiger partial charge in [0.1, 0.15) is 36.3 Å². The lowest BCUT2D eigenvalue weighted by Crippen LogP contribution is -2.61. The molecule has 0 aliphatic rings. The van der Waals surface area contributed by atoms with Gasteiger partial charge >= 0.3 is 5.97 Å². The summed E-state index contributed by atoms with van der Waals surface area (Å²) in [5, 5.41) is 41.5. The van der Waals surface area contributed by atoms with Gasteiger partial charge in [0.25, 0.3) is 0 Å². The molecule has 7 atom stereocenters. The Morgan fingerprint density at radius 3 is 1.27 bits per heavy atom. The summed E-state index contributed by atoms with van der Waals surface area (Å²) < 4.78 is 0. The number of carbonyl (C=O) groups is 8. The Hall–Kier alpha value is -4.01. The van der Waals surface area contributed by atoms with Crippen LogP contribution in [0.1, 0.15) is 53.9 Å². The van der Waals surface area contributed by atoms with Gasteiger partial charge in [-0.05, 0) is 31.6 Å². The number of carboxylic acids is 1. The van der Waals surface area contributed by atoms with Gasteiger partial charge in [-0.3, -0.25) is 33.6 Å². The highest BCUT2D eigenvalue weighted by Gasteiger charge is 2.34. The number of amides is 7. The predicted octanol–water partition coefficient (Wildman–Crippen LogP) is -4.79. The van der Waals surface area contributed by atoms with Gasteiger partial charge in [-0.1, -0.05) is 27.7 Å². The van der Waals surface area contributed by atoms with Crippen molar-refractivity contribution in [3.05, 3.63) is 0 Å². The molecule has 274 valence electrons. The second kappa shape index (κ2) is 21.8. The van der Waals surface area contributed by atoms with E-state index in [4.69, 9.17) is 21.7 Å². The summed E-state index contributed by atoms with van der Waals surface area (Å²) in [7, 11) is 0. The Morgan fingerprint density at radius 1 is 0.562 bits per heavy atom. The van der Waals surface area contributed by atoms with E-state index in [0.29, 0.717) is 0 Å². The van der Waals surface area contributed by atoms with Gasteiger partial charge in [-0.15, -0.1) is 0 Å². The zero-order valence-electron chi connectivity index (χ0n) is 27.6. The molecular formula is C28H50N8O11S. The molecule has 0 aromatic rings. The molecule has 7 amide bonds. The highest BCUT2D eigenvalue weighted by atomic mass is 32.1. The summed E-state index contributed by atoms with van der Waals surface area (Å²) in [5.74, 6) is -8.48. The van der Waals surface area contributed by atoms with Crippen LogP contribution in [-0.4, -0.2) is 124 Å². The molecule has 0 fully saturated rings. The number of primary amides is 1. The maximum atomic E-state index is 13.3. The predicted molar refractivity (Wildman–Crippen MR) is 174 cm³/mol. The van der Waals surface area contributed by atoms with E-state index in [-0.39, 0.29) is 30.4 Å². The fourth-order valence-electron chi connectivity index (χ4n) is 4.05. The van der Waals surface area contributed by atoms with E-state index >= 15 is 0 Å². The first-order valence-electron chi connectivity index (χ1n) is 15.2. The van der Waals surface area contributed by atoms with E-state index < -0.39 is 109 Å². The molecule has 0 aliphatic carbocycles. The number of hydrogen-bond donors (Lipinski definition) is 12. The summed E-state index contributed by atoms with van der Waals surface area (Å²) in [6.45, 7) is 6.68. The van der Waals surface area contributed by atoms with E-state index in [1.165, 1.54) is 6.92 Å². The van der Waals surface area contributed by atoms with Crippen molar-refractivity contribution >= 4 is 59.9 Å². The summed E-state index contributed by atoms with van der Waals surface area (Å²) >= 11 is 4.09. The van der Waals surface area contributed by atoms with Crippen LogP contribution < -0.4 is 43.4 Å². The van der Waals surface area contributed by atoms with Crippen molar-refractivity contribution in [2.45, 2.75) is 96.2 Å². The van der Waals surface area contributed by atoms with Crippen molar-refractivity contribution in [3.8, 4) is 0 Å². The van der Waals surface area contributed by atoms with Crippen LogP contribution in [0.15, 0.2) is 0 Å². The molecule has 48 heavy (non-hydrogen) atoms. The van der Waals surface area contributed by atoms with Gasteiger partial charge in [-0.25, -0.2) is 4.79 Å². The molecule has 0 rings (SSSR count). The first-order valence-corrected chi connectivity index (χ1v) is 15.8. The van der Waals surface area contributed by atoms with Crippen LogP contribution in [0.4, 0.5) is 0 Å². The number of aliphatic carboxylic acids is 1. The molecule has 0 aliphatic heterocycles. The van der Waals surface area contributed by atoms with Crippen LogP contribution in [0.5, 0.6) is 0 Å². The Balaban J connectivity index is 5.89. The van der Waals surface area contributed by atoms with Crippen molar-refractivity contribution in [1.82, 2.24) is 31.9 Å². The Labute approximate surface area is 283 Å². The van der Waals surface area contributed by atoms with E-state index in [9.17, 15) is 43.5 Å². The SMILES string of the molecule is CC(C)C[C@H](NC(=O)[C@H](C)N)C(=O)N[C@@H](CC(C)C)C(=O)N[C@@H](CS)C(=O)N[C@@H](CC(N)=O)C(=O)N[C@@H](CO)C(=O)N[C@@H](CO)C(=O)O. The van der Waals surface area contributed by atoms with E-state index in [1.54, 1.807) is 13.8 Å². The number of thiol groups is 1. The van der Waals surface area contributed by atoms with Gasteiger partial charge in [0.05, 0.1) is 25.7 Å². The molecule has 0 aromatic heterocycles. The Kier molecular flexibility index (Phi) is 20.0. The van der Waals surface area contributed by atoms with Crippen LogP contribution in [0, 0.1) is 11.8 Å². The molecule has 0 spiro atoms. The Morgan fingerprint density at radius 2 is 0.896 bits per heavy atom. The number of nitrogens with two attached hydrogens (primary N) is 2. The number of hydrogen-bond acceptors (Lipinski definition) is 12. The number of carbonyl (C=O) groups excluding carboxylic acids is 7. The molecule has 0 bridgehead atoms. The first kappa shape index (κ1) is 44.0. The van der Waals surface area contributed by atoms with Crippen LogP contribution in [0.25, 0.3) is 0 Å². The van der Waals surface area contributed by atoms with Crippen LogP contribution in [0.2, 0.25) is 0 Å². The normalized spacial score (nSPS) is 15.5. The minimum absolute atomic E-state index is 0.0152. The fraction of sp³-hybridized carbons (Fsp3) is 0.714. The number of nitrogens with one attached hydrogen (secondary N) is 6. The summed E-state index contributed by atoms with van der Waals surface area (Å²) in [5.41, 5.74) is 10.8. The lowest BCUT2D eigenvalue weighted by atomic mass is 9.99. The minimum atomic E-state index is -1.75. The van der Waals surface area contributed by atoms with Crippen molar-refractivity contribution in [1.29, 1.82) is 0 Å². The minimum Gasteiger partial charge on any atom is -0.480 e. The third kappa shape index (κ3) is 16.2. The zero-order chi connectivity index (χ0) is 37.3. The van der Waals surface area contributed by atoms with Crippen LogP contribution in [-0.2, 0) is 38.4 Å². The average molecular weight is 707 g/mol. The molecule has 0 saturated heterocycles. The smallest absolute Gasteiger partial charge is 0.328 e. The summed E-state index contributed by atoms with van der Waals surface area (Å²) in [4.78, 5) is 100. The third-order valence-corrected chi connectivity index (χ3v) is 6.93. The van der Waals surface area contributed by atoms with Gasteiger partial charge in [0, 0.05) is 5.75 Å². The molecule has 0 radical (unpaired) electrons. The lowest BCUT2D eigenvalue weighted by Gasteiger charge is -2.27. The zero-order valence-corrected chi connectivity index (χ0v) is 28.5. The van der Waals surface area contributed by atoms with Gasteiger partial charge in [-0.2, -0.15) is 12.6 Å². The van der Waals surface area contributed by atoms with E-state index in [1.807, 2.05) is 19.2 Å². The van der Waals surface area contributed by atoms with Gasteiger partial charge in [0.2, 0.25) is 41.4 Å². The fourth-order valence-corrected chi connectivity index (χ4v) is 4.31. The van der Waals surface area contributed by atoms with Crippen LogP contribution in [0.3, 0.4) is 0 Å². The Bertz CT molecular complexity index is 1150. The van der Waals surface area contributed by atoms with Gasteiger partial charge in [0.15, 0.2) is 0 Å². The highest BCUT2D eigenvalue weighted by Crippen LogP contribution is 2.10. The van der Waals surface area contributed by atoms with Crippen molar-refractivity contribution in [2.75, 3.05) is 19.0 Å². The second-order valence-electron chi connectivity index (χ2n) is 12.0. The van der Waals surface area contributed by atoms with Crippen molar-refractivity contribution in [3.63, 3.8) is 0 Å².